The van der Waals surface area contributed by atoms with Crippen molar-refractivity contribution in [2.75, 3.05) is 0 Å². The van der Waals surface area contributed by atoms with Gasteiger partial charge in [-0.05, 0) is 12.5 Å². The second kappa shape index (κ2) is 8.07. The Labute approximate surface area is 142 Å². The van der Waals surface area contributed by atoms with E-state index in [1.54, 1.807) is 0 Å². The molecule has 2 N–H and O–H groups in total. The van der Waals surface area contributed by atoms with Gasteiger partial charge in [-0.1, -0.05) is 29.8 Å². The van der Waals surface area contributed by atoms with Crippen LogP contribution in [0.4, 0.5) is 0 Å². The number of nitrogens with zero attached hydrogens (tertiary/aromatic N) is 2. The maximum absolute atomic E-state index is 5.40. The molecule has 0 aliphatic heterocycles. The van der Waals surface area contributed by atoms with Gasteiger partial charge in [0, 0.05) is 6.54 Å². The van der Waals surface area contributed by atoms with Crippen LogP contribution in [-0.4, -0.2) is 9.13 Å². The molecular weight excluding hydrogens is 453 g/mol. The molecule has 0 aliphatic rings. The van der Waals surface area contributed by atoms with Crippen molar-refractivity contribution < 1.29 is 19.4 Å². The first-order chi connectivity index (χ1) is 10.6. The number of rotatable bonds is 2. The van der Waals surface area contributed by atoms with E-state index < -0.39 is 0 Å². The Bertz CT molecular complexity index is 755. The summed E-state index contributed by atoms with van der Waals surface area (Å²) in [4.78, 5) is 0. The topological polar surface area (TPSA) is 35.9 Å². The number of imidazole rings is 1. The third-order valence-electron chi connectivity index (χ3n) is 3.28. The Hall–Kier alpha value is -1.70. The van der Waals surface area contributed by atoms with Crippen molar-refractivity contribution in [2.24, 2.45) is 12.8 Å². The fraction of sp³-hybridized carbons (Fsp3) is 0.167. The Balaban J connectivity index is 0.000000172. The van der Waals surface area contributed by atoms with Crippen LogP contribution in [0.2, 0.25) is 0 Å². The van der Waals surface area contributed by atoms with Crippen LogP contribution in [0.1, 0.15) is 11.1 Å². The fourth-order valence-corrected chi connectivity index (χ4v) is 2.58. The molecule has 0 saturated carbocycles. The summed E-state index contributed by atoms with van der Waals surface area (Å²) in [6.07, 6.45) is 4.12. The molecule has 0 radical (unpaired) electrons. The van der Waals surface area contributed by atoms with Crippen LogP contribution in [0, 0.1) is 10.7 Å². The van der Waals surface area contributed by atoms with E-state index in [1.807, 2.05) is 25.2 Å². The first-order valence-electron chi connectivity index (χ1n) is 7.12. The van der Waals surface area contributed by atoms with E-state index in [1.165, 1.54) is 20.6 Å². The Morgan fingerprint density at radius 2 is 1.59 bits per heavy atom. The number of nitrogens with two attached hydrogens (primary N) is 1. The molecule has 1 heterocycles. The monoisotopic (exact) mass is 474 g/mol. The van der Waals surface area contributed by atoms with Crippen molar-refractivity contribution in [3.8, 4) is 5.69 Å². The van der Waals surface area contributed by atoms with Gasteiger partial charge in [-0.15, -0.1) is 0 Å². The van der Waals surface area contributed by atoms with Gasteiger partial charge in [0.2, 0.25) is 0 Å². The summed E-state index contributed by atoms with van der Waals surface area (Å²) in [5.41, 5.74) is 9.08. The summed E-state index contributed by atoms with van der Waals surface area (Å²) < 4.78 is 5.45. The van der Waals surface area contributed by atoms with Gasteiger partial charge in [0.15, 0.2) is 0 Å². The molecule has 4 heteroatoms. The van der Waals surface area contributed by atoms with Gasteiger partial charge in [0.05, 0.1) is 0 Å². The van der Waals surface area contributed by atoms with Gasteiger partial charge in [0.25, 0.3) is 0 Å². The predicted octanol–water partition coefficient (Wildman–Crippen LogP) is 3.35. The fourth-order valence-electron chi connectivity index (χ4n) is 1.95. The van der Waals surface area contributed by atoms with Gasteiger partial charge in [-0.2, -0.15) is 0 Å². The van der Waals surface area contributed by atoms with Gasteiger partial charge in [0.1, 0.15) is 0 Å². The number of para-hydroxylation sites is 1. The molecule has 3 aromatic rings. The van der Waals surface area contributed by atoms with Gasteiger partial charge in [-0.3, -0.25) is 0 Å². The summed E-state index contributed by atoms with van der Waals surface area (Å²) in [5.74, 6) is 0. The summed E-state index contributed by atoms with van der Waals surface area (Å²) in [5, 5.41) is 0. The van der Waals surface area contributed by atoms with Gasteiger partial charge in [-0.25, -0.2) is 0 Å². The number of aryl methyl sites for hydroxylation is 2. The number of hydrogen-bond donors (Lipinski definition) is 1. The number of benzene rings is 2. The minimum atomic E-state index is 0.639. The van der Waals surface area contributed by atoms with E-state index >= 15 is 0 Å². The van der Waals surface area contributed by atoms with Crippen LogP contribution in [0.25, 0.3) is 5.69 Å². The van der Waals surface area contributed by atoms with Crippen molar-refractivity contribution in [1.82, 2.24) is 9.13 Å². The molecule has 22 heavy (non-hydrogen) atoms. The molecule has 0 aliphatic carbocycles. The van der Waals surface area contributed by atoms with E-state index in [2.05, 4.69) is 84.2 Å². The molecule has 0 bridgehead atoms. The SMILES string of the molecule is Cc1ccc(CN)cc1.Cn1ccn(-c2ccccc2)[c]1=[Pt]. The zero-order valence-electron chi connectivity index (χ0n) is 12.8. The summed E-state index contributed by atoms with van der Waals surface area (Å²) in [6, 6.07) is 18.6. The zero-order chi connectivity index (χ0) is 15.9. The second-order valence-corrected chi connectivity index (χ2v) is 6.06. The second-order valence-electron chi connectivity index (χ2n) is 5.05. The first kappa shape index (κ1) is 16.7. The predicted molar refractivity (Wildman–Crippen MR) is 87.1 cm³/mol. The molecule has 0 atom stereocenters. The minimum absolute atomic E-state index is 0.639. The van der Waals surface area contributed by atoms with E-state index in [4.69, 9.17) is 5.73 Å². The molecule has 0 saturated heterocycles. The van der Waals surface area contributed by atoms with Crippen molar-refractivity contribution in [1.29, 1.82) is 0 Å². The number of aromatic nitrogens is 2. The normalized spacial score (nSPS) is 10.0. The van der Waals surface area contributed by atoms with E-state index in [9.17, 15) is 0 Å². The van der Waals surface area contributed by atoms with E-state index in [0.29, 0.717) is 6.54 Å². The first-order valence-corrected chi connectivity index (χ1v) is 8.26. The van der Waals surface area contributed by atoms with Crippen LogP contribution >= 0.6 is 0 Å². The molecule has 0 amide bonds. The third-order valence-corrected chi connectivity index (χ3v) is 4.63. The van der Waals surface area contributed by atoms with Crippen molar-refractivity contribution in [3.63, 3.8) is 0 Å². The maximum atomic E-state index is 5.40. The van der Waals surface area contributed by atoms with Gasteiger partial charge < -0.3 is 5.73 Å². The summed E-state index contributed by atoms with van der Waals surface area (Å²) >= 11 is 2.31. The molecular formula is C18H21N3Pt. The Morgan fingerprint density at radius 3 is 2.09 bits per heavy atom. The standard InChI is InChI=1S/C10H10N2.C8H11N.Pt/c1-11-7-8-12(9-11)10-5-3-2-4-6-10;1-7-2-4-8(6-9)5-3-7;/h2-8H,1H3;2-5H,6,9H2,1H3;. The third kappa shape index (κ3) is 4.39. The van der Waals surface area contributed by atoms with Crippen LogP contribution in [0.15, 0.2) is 67.0 Å². The molecule has 1 aromatic heterocycles. The Morgan fingerprint density at radius 1 is 0.955 bits per heavy atom. The van der Waals surface area contributed by atoms with Crippen molar-refractivity contribution >= 4 is 0 Å². The quantitative estimate of drug-likeness (QED) is 0.608. The molecule has 0 fully saturated rings. The molecule has 2 aromatic carbocycles. The Kier molecular flexibility index (Phi) is 6.11. The molecule has 3 rings (SSSR count). The van der Waals surface area contributed by atoms with E-state index in [-0.39, 0.29) is 0 Å². The molecule has 0 spiro atoms. The molecule has 0 unspecified atom stereocenters. The van der Waals surface area contributed by atoms with Gasteiger partial charge >= 0.3 is 87.8 Å². The summed E-state index contributed by atoms with van der Waals surface area (Å²) in [6.45, 7) is 2.71. The van der Waals surface area contributed by atoms with Crippen molar-refractivity contribution in [3.05, 3.63) is 81.9 Å². The van der Waals surface area contributed by atoms with Crippen LogP contribution < -0.4 is 5.73 Å². The van der Waals surface area contributed by atoms with Crippen LogP contribution in [0.3, 0.4) is 0 Å². The number of hydrogen-bond acceptors (Lipinski definition) is 1. The van der Waals surface area contributed by atoms with Crippen LogP contribution in [0.5, 0.6) is 0 Å². The van der Waals surface area contributed by atoms with Crippen LogP contribution in [-0.2, 0) is 32.9 Å². The average molecular weight is 474 g/mol. The average Bonchev–Trinajstić information content (AvgIpc) is 2.89. The van der Waals surface area contributed by atoms with E-state index in [0.717, 1.165) is 0 Å². The molecule has 118 valence electrons. The zero-order valence-corrected chi connectivity index (χ0v) is 15.1. The molecule has 3 nitrogen and oxygen atoms in total. The van der Waals surface area contributed by atoms with Crippen molar-refractivity contribution in [2.45, 2.75) is 13.5 Å². The summed E-state index contributed by atoms with van der Waals surface area (Å²) in [7, 11) is 2.04.